The summed E-state index contributed by atoms with van der Waals surface area (Å²) in [7, 11) is 2.97. The normalized spacial score (nSPS) is 15.9. The summed E-state index contributed by atoms with van der Waals surface area (Å²) in [6.07, 6.45) is 1.47. The first-order valence-electron chi connectivity index (χ1n) is 10.4. The number of aromatic nitrogens is 4. The second-order valence-electron chi connectivity index (χ2n) is 8.11. The minimum atomic E-state index is -0.609. The molecule has 3 aromatic heterocycles. The first-order chi connectivity index (χ1) is 15.2. The monoisotopic (exact) mass is 442 g/mol. The van der Waals surface area contributed by atoms with Crippen LogP contribution in [0.3, 0.4) is 0 Å². The van der Waals surface area contributed by atoms with Crippen molar-refractivity contribution in [3.8, 4) is 0 Å². The van der Waals surface area contributed by atoms with Crippen LogP contribution < -0.4 is 11.2 Å². The van der Waals surface area contributed by atoms with Crippen molar-refractivity contribution in [1.82, 2.24) is 28.5 Å². The Kier molecular flexibility index (Phi) is 5.59. The van der Waals surface area contributed by atoms with Crippen molar-refractivity contribution in [3.05, 3.63) is 50.8 Å². The van der Waals surface area contributed by atoms with Crippen molar-refractivity contribution in [3.63, 3.8) is 0 Å². The van der Waals surface area contributed by atoms with Crippen LogP contribution in [-0.2, 0) is 25.4 Å². The number of carbonyl (C=O) groups excluding carboxylic acids is 2. The summed E-state index contributed by atoms with van der Waals surface area (Å²) in [5, 5.41) is 0. The van der Waals surface area contributed by atoms with Crippen LogP contribution in [0.2, 0.25) is 0 Å². The molecule has 0 aromatic carbocycles. The largest absolute Gasteiger partial charge is 0.459 e. The van der Waals surface area contributed by atoms with Gasteiger partial charge in [-0.25, -0.2) is 9.78 Å². The topological polar surface area (TPSA) is 116 Å². The van der Waals surface area contributed by atoms with Crippen LogP contribution in [0, 0.1) is 0 Å². The van der Waals surface area contributed by atoms with E-state index in [-0.39, 0.29) is 22.9 Å². The van der Waals surface area contributed by atoms with Gasteiger partial charge < -0.3 is 13.9 Å². The molecule has 0 radical (unpaired) electrons. The van der Waals surface area contributed by atoms with Gasteiger partial charge in [-0.05, 0) is 26.0 Å². The van der Waals surface area contributed by atoms with Gasteiger partial charge >= 0.3 is 5.69 Å². The average Bonchev–Trinajstić information content (AvgIpc) is 3.44. The highest BCUT2D eigenvalue weighted by molar-refractivity contribution is 5.91. The maximum absolute atomic E-state index is 12.9. The number of amides is 1. The summed E-state index contributed by atoms with van der Waals surface area (Å²) in [4.78, 5) is 58.4. The van der Waals surface area contributed by atoms with Crippen LogP contribution in [0.5, 0.6) is 0 Å². The highest BCUT2D eigenvalue weighted by Crippen LogP contribution is 2.21. The van der Waals surface area contributed by atoms with Gasteiger partial charge in [0.25, 0.3) is 11.5 Å². The van der Waals surface area contributed by atoms with Gasteiger partial charge in [0, 0.05) is 40.3 Å². The molecule has 1 aliphatic heterocycles. The van der Waals surface area contributed by atoms with Crippen LogP contribution in [0.1, 0.15) is 36.3 Å². The third-order valence-electron chi connectivity index (χ3n) is 6.10. The Bertz CT molecular complexity index is 1290. The number of Topliss-reactive ketones (excluding diaryl/α,β-unsaturated/α-hetero) is 1. The molecule has 0 bridgehead atoms. The van der Waals surface area contributed by atoms with E-state index in [4.69, 9.17) is 4.42 Å². The van der Waals surface area contributed by atoms with Crippen LogP contribution in [0.4, 0.5) is 0 Å². The summed E-state index contributed by atoms with van der Waals surface area (Å²) in [6.45, 7) is 5.79. The lowest BCUT2D eigenvalue weighted by Crippen LogP contribution is -2.48. The molecule has 170 valence electrons. The highest BCUT2D eigenvalue weighted by atomic mass is 16.3. The Hall–Kier alpha value is -3.47. The molecule has 0 unspecified atom stereocenters. The molecule has 1 atom stereocenters. The van der Waals surface area contributed by atoms with Crippen LogP contribution in [-0.4, -0.2) is 66.4 Å². The lowest BCUT2D eigenvalue weighted by Gasteiger charge is -2.34. The number of ketones is 1. The summed E-state index contributed by atoms with van der Waals surface area (Å²) in [5.74, 6) is 0.583. The second kappa shape index (κ2) is 8.23. The smallest absolute Gasteiger partial charge is 0.332 e. The van der Waals surface area contributed by atoms with Gasteiger partial charge in [0.15, 0.2) is 22.7 Å². The molecule has 1 amide bonds. The van der Waals surface area contributed by atoms with E-state index < -0.39 is 17.3 Å². The van der Waals surface area contributed by atoms with E-state index in [1.807, 2.05) is 0 Å². The van der Waals surface area contributed by atoms with E-state index in [1.165, 1.54) is 24.8 Å². The number of imidazole rings is 1. The van der Waals surface area contributed by atoms with Gasteiger partial charge in [-0.3, -0.25) is 28.4 Å². The summed E-state index contributed by atoms with van der Waals surface area (Å²) < 4.78 is 9.19. The molecular weight excluding hydrogens is 416 g/mol. The number of rotatable bonds is 5. The van der Waals surface area contributed by atoms with Gasteiger partial charge in [0.2, 0.25) is 0 Å². The summed E-state index contributed by atoms with van der Waals surface area (Å²) in [6, 6.07) is 2.72. The number of nitrogens with zero attached hydrogens (tertiary/aromatic N) is 6. The molecule has 32 heavy (non-hydrogen) atoms. The standard InChI is InChI=1S/C21H26N6O5/c1-13(14(2)28)27-16(22-18-17(27)20(30)24(4)21(31)23(18)3)12-25-7-9-26(10-8-25)19(29)15-6-5-11-32-15/h5-6,11,13H,7-10,12H2,1-4H3/t13-/m1/s1. The van der Waals surface area contributed by atoms with Gasteiger partial charge in [-0.15, -0.1) is 0 Å². The molecule has 1 aliphatic rings. The van der Waals surface area contributed by atoms with Crippen LogP contribution in [0.25, 0.3) is 11.2 Å². The van der Waals surface area contributed by atoms with Gasteiger partial charge in [-0.2, -0.15) is 0 Å². The molecule has 0 aliphatic carbocycles. The van der Waals surface area contributed by atoms with E-state index in [2.05, 4.69) is 9.88 Å². The van der Waals surface area contributed by atoms with Crippen molar-refractivity contribution >= 4 is 22.9 Å². The third kappa shape index (κ3) is 3.58. The van der Waals surface area contributed by atoms with E-state index >= 15 is 0 Å². The zero-order chi connectivity index (χ0) is 23.2. The number of hydrogen-bond donors (Lipinski definition) is 0. The molecule has 3 aromatic rings. The van der Waals surface area contributed by atoms with Crippen molar-refractivity contribution in [2.45, 2.75) is 26.4 Å². The van der Waals surface area contributed by atoms with E-state index in [0.717, 1.165) is 4.57 Å². The maximum atomic E-state index is 12.9. The molecule has 1 saturated heterocycles. The number of furan rings is 1. The fraction of sp³-hybridized carbons (Fsp3) is 0.476. The van der Waals surface area contributed by atoms with Crippen molar-refractivity contribution in [2.75, 3.05) is 26.2 Å². The number of aryl methyl sites for hydroxylation is 1. The van der Waals surface area contributed by atoms with Crippen LogP contribution in [0.15, 0.2) is 32.4 Å². The Morgan fingerprint density at radius 3 is 2.41 bits per heavy atom. The first-order valence-corrected chi connectivity index (χ1v) is 10.4. The Labute approximate surface area is 183 Å². The molecule has 0 saturated carbocycles. The predicted molar refractivity (Wildman–Crippen MR) is 115 cm³/mol. The SMILES string of the molecule is CC(=O)[C@@H](C)n1c(CN2CCN(C(=O)c3ccco3)CC2)nc2c1c(=O)n(C)c(=O)n2C. The fourth-order valence-corrected chi connectivity index (χ4v) is 4.04. The summed E-state index contributed by atoms with van der Waals surface area (Å²) >= 11 is 0. The summed E-state index contributed by atoms with van der Waals surface area (Å²) in [5.41, 5.74) is -0.463. The number of fused-ring (bicyclic) bond motifs is 1. The van der Waals surface area contributed by atoms with Gasteiger partial charge in [0.1, 0.15) is 5.82 Å². The predicted octanol–water partition coefficient (Wildman–Crippen LogP) is 0.135. The molecule has 0 spiro atoms. The quantitative estimate of drug-likeness (QED) is 0.552. The Morgan fingerprint density at radius 1 is 1.12 bits per heavy atom. The number of piperazine rings is 1. The van der Waals surface area contributed by atoms with Gasteiger partial charge in [0.05, 0.1) is 18.8 Å². The molecule has 0 N–H and O–H groups in total. The lowest BCUT2D eigenvalue weighted by molar-refractivity contribution is -0.119. The minimum Gasteiger partial charge on any atom is -0.459 e. The minimum absolute atomic E-state index is 0.115. The molecule has 11 heteroatoms. The highest BCUT2D eigenvalue weighted by Gasteiger charge is 2.28. The average molecular weight is 442 g/mol. The lowest BCUT2D eigenvalue weighted by atomic mass is 10.2. The fourth-order valence-electron chi connectivity index (χ4n) is 4.04. The number of hydrogen-bond acceptors (Lipinski definition) is 7. The van der Waals surface area contributed by atoms with Crippen LogP contribution >= 0.6 is 0 Å². The van der Waals surface area contributed by atoms with Crippen molar-refractivity contribution in [1.29, 1.82) is 0 Å². The third-order valence-corrected chi connectivity index (χ3v) is 6.10. The zero-order valence-corrected chi connectivity index (χ0v) is 18.6. The molecular formula is C21H26N6O5. The first kappa shape index (κ1) is 21.8. The van der Waals surface area contributed by atoms with E-state index in [0.29, 0.717) is 44.3 Å². The molecule has 11 nitrogen and oxygen atoms in total. The van der Waals surface area contributed by atoms with Gasteiger partial charge in [-0.1, -0.05) is 0 Å². The number of carbonyl (C=O) groups is 2. The Balaban J connectivity index is 1.64. The molecule has 4 rings (SSSR count). The second-order valence-corrected chi connectivity index (χ2v) is 8.11. The Morgan fingerprint density at radius 2 is 1.81 bits per heavy atom. The molecule has 4 heterocycles. The van der Waals surface area contributed by atoms with Crippen molar-refractivity contribution < 1.29 is 14.0 Å². The van der Waals surface area contributed by atoms with E-state index in [9.17, 15) is 19.2 Å². The zero-order valence-electron chi connectivity index (χ0n) is 18.6. The van der Waals surface area contributed by atoms with Crippen molar-refractivity contribution in [2.24, 2.45) is 14.1 Å². The molecule has 1 fully saturated rings. The maximum Gasteiger partial charge on any atom is 0.332 e. The van der Waals surface area contributed by atoms with E-state index in [1.54, 1.807) is 35.6 Å².